The third-order valence-corrected chi connectivity index (χ3v) is 4.95. The van der Waals surface area contributed by atoms with E-state index in [0.717, 1.165) is 31.6 Å². The summed E-state index contributed by atoms with van der Waals surface area (Å²) in [7, 11) is 1.70. The van der Waals surface area contributed by atoms with Crippen molar-refractivity contribution in [3.63, 3.8) is 0 Å². The smallest absolute Gasteiger partial charge is 0.315 e. The molecule has 2 aliphatic rings. The monoisotopic (exact) mass is 302 g/mol. The van der Waals surface area contributed by atoms with E-state index in [1.807, 2.05) is 13.0 Å². The maximum Gasteiger partial charge on any atom is 0.315 e. The van der Waals surface area contributed by atoms with Gasteiger partial charge in [-0.1, -0.05) is 0 Å². The predicted octanol–water partition coefficient (Wildman–Crippen LogP) is 2.41. The van der Waals surface area contributed by atoms with Crippen LogP contribution in [0.1, 0.15) is 37.8 Å². The van der Waals surface area contributed by atoms with E-state index in [0.29, 0.717) is 6.61 Å². The molecular weight excluding hydrogens is 278 g/mol. The molecule has 0 aromatic heterocycles. The fraction of sp³-hybridized carbons (Fsp3) is 0.556. The van der Waals surface area contributed by atoms with Crippen LogP contribution in [0, 0.1) is 5.92 Å². The van der Waals surface area contributed by atoms with Crippen LogP contribution in [-0.2, 0) is 16.0 Å². The van der Waals surface area contributed by atoms with E-state index in [1.165, 1.54) is 16.8 Å². The number of esters is 1. The molecule has 0 radical (unpaired) electrons. The molecule has 0 aliphatic carbocycles. The minimum atomic E-state index is -0.0467. The molecule has 0 amide bonds. The van der Waals surface area contributed by atoms with Crippen LogP contribution in [0.2, 0.25) is 0 Å². The first-order valence-electron chi connectivity index (χ1n) is 8.12. The molecule has 0 spiro atoms. The number of hydrogen-bond donors (Lipinski definition) is 0. The molecule has 0 saturated heterocycles. The van der Waals surface area contributed by atoms with Crippen LogP contribution in [0.25, 0.3) is 0 Å². The van der Waals surface area contributed by atoms with Gasteiger partial charge in [0.2, 0.25) is 0 Å². The molecule has 0 bridgehead atoms. The Kier molecular flexibility index (Phi) is 4.19. The Labute approximate surface area is 131 Å². The molecule has 4 nitrogen and oxygen atoms in total. The first kappa shape index (κ1) is 15.1. The van der Waals surface area contributed by atoms with Gasteiger partial charge in [0, 0.05) is 18.4 Å². The van der Waals surface area contributed by atoms with Gasteiger partial charge in [-0.2, -0.15) is 0 Å². The summed E-state index contributed by atoms with van der Waals surface area (Å²) in [6.07, 6.45) is 2.81. The molecule has 2 heterocycles. The number of methoxy groups -OCH3 is 1. The third kappa shape index (κ3) is 2.51. The number of benzene rings is 1. The molecule has 2 unspecified atom stereocenters. The third-order valence-electron chi connectivity index (χ3n) is 4.95. The lowest BCUT2D eigenvalue weighted by Gasteiger charge is -2.30. The molecule has 0 N–H and O–H groups in total. The molecule has 1 aromatic rings. The molecular formula is C18H24NO3+. The number of rotatable bonds is 3. The van der Waals surface area contributed by atoms with E-state index in [4.69, 9.17) is 9.47 Å². The second kappa shape index (κ2) is 6.11. The quantitative estimate of drug-likeness (QED) is 0.636. The zero-order valence-corrected chi connectivity index (χ0v) is 13.6. The molecule has 1 aromatic carbocycles. The van der Waals surface area contributed by atoms with Crippen molar-refractivity contribution in [3.8, 4) is 5.75 Å². The SMILES string of the molecule is CCOC(=O)C1CCC2=[N+](CCc3cc(OC)ccc32)C1C. The van der Waals surface area contributed by atoms with E-state index in [2.05, 4.69) is 23.6 Å². The molecule has 2 atom stereocenters. The summed E-state index contributed by atoms with van der Waals surface area (Å²) in [4.78, 5) is 12.1. The van der Waals surface area contributed by atoms with Gasteiger partial charge >= 0.3 is 5.97 Å². The number of ether oxygens (including phenoxy) is 2. The van der Waals surface area contributed by atoms with Crippen molar-refractivity contribution >= 4 is 11.7 Å². The zero-order valence-electron chi connectivity index (χ0n) is 13.6. The van der Waals surface area contributed by atoms with Crippen LogP contribution in [0.4, 0.5) is 0 Å². The van der Waals surface area contributed by atoms with Gasteiger partial charge in [-0.15, -0.1) is 0 Å². The zero-order chi connectivity index (χ0) is 15.7. The Balaban J connectivity index is 1.92. The van der Waals surface area contributed by atoms with E-state index in [-0.39, 0.29) is 17.9 Å². The summed E-state index contributed by atoms with van der Waals surface area (Å²) in [5.74, 6) is 0.860. The average molecular weight is 302 g/mol. The van der Waals surface area contributed by atoms with Crippen molar-refractivity contribution < 1.29 is 18.8 Å². The minimum absolute atomic E-state index is 0.0106. The number of carbonyl (C=O) groups is 1. The normalized spacial score (nSPS) is 23.6. The second-order valence-electron chi connectivity index (χ2n) is 6.05. The van der Waals surface area contributed by atoms with Gasteiger partial charge in [0.05, 0.1) is 13.7 Å². The Morgan fingerprint density at radius 3 is 2.91 bits per heavy atom. The topological polar surface area (TPSA) is 38.5 Å². The van der Waals surface area contributed by atoms with Crippen LogP contribution in [-0.4, -0.2) is 42.6 Å². The highest BCUT2D eigenvalue weighted by Gasteiger charge is 2.42. The van der Waals surface area contributed by atoms with Crippen LogP contribution >= 0.6 is 0 Å². The molecule has 0 saturated carbocycles. The van der Waals surface area contributed by atoms with Crippen LogP contribution in [0.15, 0.2) is 18.2 Å². The van der Waals surface area contributed by atoms with Gasteiger partial charge in [0.25, 0.3) is 0 Å². The van der Waals surface area contributed by atoms with Crippen molar-refractivity contribution in [1.29, 1.82) is 0 Å². The van der Waals surface area contributed by atoms with Gasteiger partial charge < -0.3 is 9.47 Å². The molecule has 2 aliphatic heterocycles. The van der Waals surface area contributed by atoms with Crippen molar-refractivity contribution in [1.82, 2.24) is 0 Å². The number of carbonyl (C=O) groups excluding carboxylic acids is 1. The number of hydrogen-bond acceptors (Lipinski definition) is 3. The predicted molar refractivity (Wildman–Crippen MR) is 84.8 cm³/mol. The fourth-order valence-electron chi connectivity index (χ4n) is 3.76. The van der Waals surface area contributed by atoms with E-state index in [9.17, 15) is 4.79 Å². The number of nitrogens with zero attached hydrogens (tertiary/aromatic N) is 1. The number of fused-ring (bicyclic) bond motifs is 2. The highest BCUT2D eigenvalue weighted by Crippen LogP contribution is 2.30. The maximum atomic E-state index is 12.1. The van der Waals surface area contributed by atoms with Crippen molar-refractivity contribution in [2.75, 3.05) is 20.3 Å². The van der Waals surface area contributed by atoms with E-state index < -0.39 is 0 Å². The van der Waals surface area contributed by atoms with Gasteiger partial charge in [-0.25, -0.2) is 4.58 Å². The molecule has 3 rings (SSSR count). The summed E-state index contributed by atoms with van der Waals surface area (Å²) in [6.45, 7) is 5.44. The van der Waals surface area contributed by atoms with Crippen molar-refractivity contribution in [2.24, 2.45) is 5.92 Å². The second-order valence-corrected chi connectivity index (χ2v) is 6.05. The highest BCUT2D eigenvalue weighted by atomic mass is 16.5. The fourth-order valence-corrected chi connectivity index (χ4v) is 3.76. The Hall–Kier alpha value is -1.84. The minimum Gasteiger partial charge on any atom is -0.497 e. The lowest BCUT2D eigenvalue weighted by molar-refractivity contribution is -0.574. The average Bonchev–Trinajstić information content (AvgIpc) is 2.54. The molecule has 22 heavy (non-hydrogen) atoms. The summed E-state index contributed by atoms with van der Waals surface area (Å²) >= 11 is 0. The van der Waals surface area contributed by atoms with Crippen LogP contribution < -0.4 is 4.74 Å². The summed E-state index contributed by atoms with van der Waals surface area (Å²) in [5, 5.41) is 0. The first-order valence-corrected chi connectivity index (χ1v) is 8.12. The summed E-state index contributed by atoms with van der Waals surface area (Å²) in [6, 6.07) is 6.53. The van der Waals surface area contributed by atoms with Gasteiger partial charge in [0.1, 0.15) is 18.2 Å². The molecule has 0 fully saturated rings. The Bertz CT molecular complexity index is 621. The van der Waals surface area contributed by atoms with Crippen LogP contribution in [0.5, 0.6) is 5.75 Å². The lowest BCUT2D eigenvalue weighted by atomic mass is 9.84. The largest absolute Gasteiger partial charge is 0.497 e. The summed E-state index contributed by atoms with van der Waals surface area (Å²) < 4.78 is 13.0. The Morgan fingerprint density at radius 1 is 1.36 bits per heavy atom. The van der Waals surface area contributed by atoms with Crippen molar-refractivity contribution in [3.05, 3.63) is 29.3 Å². The highest BCUT2D eigenvalue weighted by molar-refractivity contribution is 5.99. The summed E-state index contributed by atoms with van der Waals surface area (Å²) in [5.41, 5.74) is 4.05. The maximum absolute atomic E-state index is 12.1. The van der Waals surface area contributed by atoms with Crippen molar-refractivity contribution in [2.45, 2.75) is 39.2 Å². The first-order chi connectivity index (χ1) is 10.7. The van der Waals surface area contributed by atoms with Crippen LogP contribution in [0.3, 0.4) is 0 Å². The van der Waals surface area contributed by atoms with Gasteiger partial charge in [-0.05, 0) is 44.0 Å². The standard InChI is InChI=1S/C18H24NO3/c1-4-22-18(20)15-7-8-17-16-6-5-14(21-3)11-13(16)9-10-19(17)12(15)2/h5-6,11-12,15H,4,7-10H2,1-3H3/q+1. The lowest BCUT2D eigenvalue weighted by Crippen LogP contribution is -2.46. The Morgan fingerprint density at radius 2 is 2.18 bits per heavy atom. The van der Waals surface area contributed by atoms with E-state index in [1.54, 1.807) is 7.11 Å². The van der Waals surface area contributed by atoms with Gasteiger partial charge in [-0.3, -0.25) is 4.79 Å². The van der Waals surface area contributed by atoms with Gasteiger partial charge in [0.15, 0.2) is 11.8 Å². The molecule has 118 valence electrons. The molecule has 4 heteroatoms. The van der Waals surface area contributed by atoms with E-state index >= 15 is 0 Å².